The van der Waals surface area contributed by atoms with E-state index < -0.39 is 5.97 Å². The smallest absolute Gasteiger partial charge is 0.325 e. The molecule has 0 saturated heterocycles. The van der Waals surface area contributed by atoms with Crippen molar-refractivity contribution in [3.8, 4) is 0 Å². The van der Waals surface area contributed by atoms with Crippen LogP contribution in [0.3, 0.4) is 0 Å². The van der Waals surface area contributed by atoms with Gasteiger partial charge in [-0.2, -0.15) is 0 Å². The zero-order chi connectivity index (χ0) is 18.6. The van der Waals surface area contributed by atoms with Gasteiger partial charge < -0.3 is 10.1 Å². The van der Waals surface area contributed by atoms with Gasteiger partial charge in [-0.05, 0) is 32.9 Å². The second-order valence-corrected chi connectivity index (χ2v) is 7.41. The van der Waals surface area contributed by atoms with Crippen LogP contribution in [0.5, 0.6) is 0 Å². The van der Waals surface area contributed by atoms with Crippen LogP contribution in [0.25, 0.3) is 10.9 Å². The van der Waals surface area contributed by atoms with E-state index in [1.165, 1.54) is 11.7 Å². The first kappa shape index (κ1) is 19.0. The Labute approximate surface area is 149 Å². The zero-order valence-corrected chi connectivity index (χ0v) is 15.5. The van der Waals surface area contributed by atoms with Crippen LogP contribution in [-0.2, 0) is 20.9 Å². The highest BCUT2D eigenvalue weighted by Crippen LogP contribution is 2.18. The Kier molecular flexibility index (Phi) is 5.84. The molecule has 0 spiro atoms. The summed E-state index contributed by atoms with van der Waals surface area (Å²) in [7, 11) is 1.26. The molecule has 0 aliphatic heterocycles. The van der Waals surface area contributed by atoms with Gasteiger partial charge in [0.15, 0.2) is 5.16 Å². The van der Waals surface area contributed by atoms with Crippen molar-refractivity contribution in [1.82, 2.24) is 14.9 Å². The van der Waals surface area contributed by atoms with Crippen LogP contribution in [0, 0.1) is 0 Å². The number of hydrogen-bond acceptors (Lipinski definition) is 6. The summed E-state index contributed by atoms with van der Waals surface area (Å²) in [5.74, 6) is -0.645. The molecule has 1 heterocycles. The van der Waals surface area contributed by atoms with Crippen molar-refractivity contribution in [3.63, 3.8) is 0 Å². The van der Waals surface area contributed by atoms with Gasteiger partial charge in [0.2, 0.25) is 5.91 Å². The number of hydrogen-bond donors (Lipinski definition) is 1. The summed E-state index contributed by atoms with van der Waals surface area (Å²) in [6.45, 7) is 5.40. The molecule has 25 heavy (non-hydrogen) atoms. The van der Waals surface area contributed by atoms with E-state index in [1.807, 2.05) is 20.8 Å². The van der Waals surface area contributed by atoms with E-state index in [-0.39, 0.29) is 29.3 Å². The van der Waals surface area contributed by atoms with E-state index in [0.717, 1.165) is 11.8 Å². The number of fused-ring (bicyclic) bond motifs is 1. The Hall–Kier alpha value is -2.35. The molecule has 1 aromatic heterocycles. The Balaban J connectivity index is 2.36. The quantitative estimate of drug-likeness (QED) is 0.493. The zero-order valence-electron chi connectivity index (χ0n) is 14.7. The maximum absolute atomic E-state index is 12.7. The molecule has 134 valence electrons. The lowest BCUT2D eigenvalue weighted by atomic mass is 10.1. The lowest BCUT2D eigenvalue weighted by Gasteiger charge is -2.20. The first-order chi connectivity index (χ1) is 11.7. The molecule has 0 saturated carbocycles. The van der Waals surface area contributed by atoms with Crippen LogP contribution in [0.1, 0.15) is 20.8 Å². The molecule has 1 amide bonds. The maximum atomic E-state index is 12.7. The summed E-state index contributed by atoms with van der Waals surface area (Å²) in [6, 6.07) is 6.88. The SMILES string of the molecule is COC(=O)Cn1c(SCC(=O)NC(C)(C)C)nc2ccccc2c1=O. The van der Waals surface area contributed by atoms with E-state index in [2.05, 4.69) is 15.0 Å². The molecule has 0 aliphatic rings. The van der Waals surface area contributed by atoms with E-state index in [4.69, 9.17) is 0 Å². The minimum Gasteiger partial charge on any atom is -0.468 e. The Bertz CT molecular complexity index is 855. The fourth-order valence-corrected chi connectivity index (χ4v) is 2.97. The minimum atomic E-state index is -0.555. The third-order valence-electron chi connectivity index (χ3n) is 3.19. The van der Waals surface area contributed by atoms with Gasteiger partial charge in [0.25, 0.3) is 5.56 Å². The van der Waals surface area contributed by atoms with Gasteiger partial charge in [-0.3, -0.25) is 19.0 Å². The number of nitrogens with one attached hydrogen (secondary N) is 1. The summed E-state index contributed by atoms with van der Waals surface area (Å²) in [4.78, 5) is 40.8. The van der Waals surface area contributed by atoms with E-state index in [0.29, 0.717) is 16.1 Å². The summed E-state index contributed by atoms with van der Waals surface area (Å²) in [6.07, 6.45) is 0. The van der Waals surface area contributed by atoms with Crippen LogP contribution >= 0.6 is 11.8 Å². The summed E-state index contributed by atoms with van der Waals surface area (Å²) < 4.78 is 5.89. The summed E-state index contributed by atoms with van der Waals surface area (Å²) >= 11 is 1.11. The first-order valence-electron chi connectivity index (χ1n) is 7.71. The molecule has 0 aliphatic carbocycles. The second kappa shape index (κ2) is 7.69. The van der Waals surface area contributed by atoms with Crippen LogP contribution in [-0.4, -0.2) is 39.8 Å². The van der Waals surface area contributed by atoms with Gasteiger partial charge >= 0.3 is 5.97 Å². The van der Waals surface area contributed by atoms with Crippen LogP contribution in [0.2, 0.25) is 0 Å². The van der Waals surface area contributed by atoms with Gasteiger partial charge in [-0.1, -0.05) is 23.9 Å². The van der Waals surface area contributed by atoms with E-state index in [1.54, 1.807) is 24.3 Å². The first-order valence-corrected chi connectivity index (χ1v) is 8.70. The number of rotatable bonds is 5. The molecule has 0 fully saturated rings. The van der Waals surface area contributed by atoms with Crippen molar-refractivity contribution in [3.05, 3.63) is 34.6 Å². The van der Waals surface area contributed by atoms with Gasteiger partial charge in [0.05, 0.1) is 23.8 Å². The molecular weight excluding hydrogens is 342 g/mol. The average Bonchev–Trinajstić information content (AvgIpc) is 2.54. The van der Waals surface area contributed by atoms with E-state index >= 15 is 0 Å². The number of nitrogens with zero attached hydrogens (tertiary/aromatic N) is 2. The highest BCUT2D eigenvalue weighted by Gasteiger charge is 2.18. The number of methoxy groups -OCH3 is 1. The third-order valence-corrected chi connectivity index (χ3v) is 4.16. The number of esters is 1. The van der Waals surface area contributed by atoms with Crippen LogP contribution in [0.4, 0.5) is 0 Å². The summed E-state index contributed by atoms with van der Waals surface area (Å²) in [5.41, 5.74) is -0.165. The Morgan fingerprint density at radius 2 is 1.96 bits per heavy atom. The van der Waals surface area contributed by atoms with Crippen molar-refractivity contribution in [2.45, 2.75) is 38.0 Å². The number of carbonyl (C=O) groups is 2. The number of aromatic nitrogens is 2. The molecule has 0 radical (unpaired) electrons. The van der Waals surface area contributed by atoms with Crippen molar-refractivity contribution in [1.29, 1.82) is 0 Å². The fraction of sp³-hybridized carbons (Fsp3) is 0.412. The van der Waals surface area contributed by atoms with Gasteiger partial charge in [-0.25, -0.2) is 4.98 Å². The predicted octanol–water partition coefficient (Wildman–Crippen LogP) is 1.58. The van der Waals surface area contributed by atoms with Gasteiger partial charge in [0, 0.05) is 5.54 Å². The van der Waals surface area contributed by atoms with Crippen molar-refractivity contribution in [2.24, 2.45) is 0 Å². The lowest BCUT2D eigenvalue weighted by molar-refractivity contribution is -0.141. The van der Waals surface area contributed by atoms with Gasteiger partial charge in [-0.15, -0.1) is 0 Å². The standard InChI is InChI=1S/C17H21N3O4S/c1-17(2,3)19-13(21)10-25-16-18-12-8-6-5-7-11(12)15(23)20(16)9-14(22)24-4/h5-8H,9-10H2,1-4H3,(H,19,21). The fourth-order valence-electron chi connectivity index (χ4n) is 2.18. The van der Waals surface area contributed by atoms with Crippen molar-refractivity contribution < 1.29 is 14.3 Å². The van der Waals surface area contributed by atoms with Crippen LogP contribution in [0.15, 0.2) is 34.2 Å². The Morgan fingerprint density at radius 3 is 2.60 bits per heavy atom. The topological polar surface area (TPSA) is 90.3 Å². The Morgan fingerprint density at radius 1 is 1.28 bits per heavy atom. The molecule has 2 rings (SSSR count). The van der Waals surface area contributed by atoms with Gasteiger partial charge in [0.1, 0.15) is 6.54 Å². The monoisotopic (exact) mass is 363 g/mol. The minimum absolute atomic E-state index is 0.0865. The van der Waals surface area contributed by atoms with Crippen LogP contribution < -0.4 is 10.9 Å². The number of para-hydroxylation sites is 1. The molecule has 0 atom stereocenters. The molecule has 1 N–H and O–H groups in total. The molecule has 2 aromatic rings. The maximum Gasteiger partial charge on any atom is 0.325 e. The molecule has 0 unspecified atom stereocenters. The molecule has 8 heteroatoms. The number of carbonyl (C=O) groups excluding carboxylic acids is 2. The van der Waals surface area contributed by atoms with Crippen molar-refractivity contribution >= 4 is 34.5 Å². The second-order valence-electron chi connectivity index (χ2n) is 6.47. The highest BCUT2D eigenvalue weighted by atomic mass is 32.2. The van der Waals surface area contributed by atoms with Crippen molar-refractivity contribution in [2.75, 3.05) is 12.9 Å². The number of thioether (sulfide) groups is 1. The number of amides is 1. The van der Waals surface area contributed by atoms with E-state index in [9.17, 15) is 14.4 Å². The normalized spacial score (nSPS) is 11.4. The molecule has 0 bridgehead atoms. The third kappa shape index (κ3) is 5.06. The largest absolute Gasteiger partial charge is 0.468 e. The lowest BCUT2D eigenvalue weighted by Crippen LogP contribution is -2.41. The predicted molar refractivity (Wildman–Crippen MR) is 96.6 cm³/mol. The molecular formula is C17H21N3O4S. The highest BCUT2D eigenvalue weighted by molar-refractivity contribution is 7.99. The molecule has 7 nitrogen and oxygen atoms in total. The average molecular weight is 363 g/mol. The summed E-state index contributed by atoms with van der Waals surface area (Å²) in [5, 5.41) is 3.56. The molecule has 1 aromatic carbocycles. The number of ether oxygens (including phenoxy) is 1. The number of benzene rings is 1.